The molecule has 0 aliphatic heterocycles. The molecule has 2 aromatic heterocycles. The lowest BCUT2D eigenvalue weighted by Gasteiger charge is -2.18. The number of nitriles is 1. The van der Waals surface area contributed by atoms with E-state index in [2.05, 4.69) is 46.1 Å². The van der Waals surface area contributed by atoms with Gasteiger partial charge in [-0.15, -0.1) is 10.2 Å². The van der Waals surface area contributed by atoms with Crippen molar-refractivity contribution in [1.29, 1.82) is 5.26 Å². The van der Waals surface area contributed by atoms with E-state index in [0.717, 1.165) is 40.1 Å². The molecule has 0 atom stereocenters. The molecule has 4 aromatic rings. The Bertz CT molecular complexity index is 1520. The van der Waals surface area contributed by atoms with Crippen LogP contribution in [0.4, 0.5) is 5.13 Å². The van der Waals surface area contributed by atoms with Gasteiger partial charge in [0, 0.05) is 28.6 Å². The van der Waals surface area contributed by atoms with Crippen molar-refractivity contribution in [1.82, 2.24) is 14.8 Å². The Morgan fingerprint density at radius 1 is 1.16 bits per heavy atom. The Hall–Kier alpha value is -3.96. The number of anilines is 1. The summed E-state index contributed by atoms with van der Waals surface area (Å²) < 4.78 is 8.09. The predicted molar refractivity (Wildman–Crippen MR) is 151 cm³/mol. The van der Waals surface area contributed by atoms with E-state index in [1.807, 2.05) is 42.6 Å². The number of aryl methyl sites for hydroxylation is 2. The number of nitrogens with zero attached hydrogens (tertiary/aromatic N) is 4. The Balaban J connectivity index is 1.30. The van der Waals surface area contributed by atoms with E-state index in [1.165, 1.54) is 41.7 Å². The van der Waals surface area contributed by atoms with Crippen LogP contribution in [0.1, 0.15) is 59.7 Å². The minimum atomic E-state index is -0.478. The molecule has 5 rings (SSSR count). The van der Waals surface area contributed by atoms with Crippen molar-refractivity contribution in [2.75, 3.05) is 11.9 Å². The molecule has 38 heavy (non-hydrogen) atoms. The molecule has 0 spiro atoms. The molecular weight excluding hydrogens is 494 g/mol. The second kappa shape index (κ2) is 11.6. The predicted octanol–water partition coefficient (Wildman–Crippen LogP) is 6.78. The SMILES string of the molecule is Cc1ccc(OCCn2cc(C=C(C#N)C(=O)Nc3nnc(C4CCCCC4)s3)c3ccccc32)cc1C. The van der Waals surface area contributed by atoms with Gasteiger partial charge in [-0.2, -0.15) is 5.26 Å². The number of carbonyl (C=O) groups is 1. The van der Waals surface area contributed by atoms with Crippen LogP contribution in [0.15, 0.2) is 54.2 Å². The fourth-order valence-corrected chi connectivity index (χ4v) is 5.82. The number of hydrogen-bond donors (Lipinski definition) is 1. The van der Waals surface area contributed by atoms with Gasteiger partial charge in [-0.3, -0.25) is 10.1 Å². The Morgan fingerprint density at radius 2 is 1.97 bits per heavy atom. The van der Waals surface area contributed by atoms with Crippen LogP contribution in [-0.2, 0) is 11.3 Å². The van der Waals surface area contributed by atoms with E-state index < -0.39 is 5.91 Å². The van der Waals surface area contributed by atoms with Crippen LogP contribution >= 0.6 is 11.3 Å². The average Bonchev–Trinajstić information content (AvgIpc) is 3.54. The third kappa shape index (κ3) is 5.79. The lowest BCUT2D eigenvalue weighted by molar-refractivity contribution is -0.112. The summed E-state index contributed by atoms with van der Waals surface area (Å²) in [5, 5.41) is 23.4. The van der Waals surface area contributed by atoms with Gasteiger partial charge >= 0.3 is 0 Å². The average molecular weight is 526 g/mol. The molecule has 8 heteroatoms. The molecule has 1 aliphatic rings. The maximum absolute atomic E-state index is 13.0. The van der Waals surface area contributed by atoms with Gasteiger partial charge in [0.25, 0.3) is 5.91 Å². The molecule has 1 amide bonds. The van der Waals surface area contributed by atoms with E-state index in [4.69, 9.17) is 4.74 Å². The van der Waals surface area contributed by atoms with Gasteiger partial charge in [-0.05, 0) is 62.1 Å². The van der Waals surface area contributed by atoms with Crippen LogP contribution in [0.2, 0.25) is 0 Å². The first-order valence-corrected chi connectivity index (χ1v) is 13.9. The smallest absolute Gasteiger partial charge is 0.268 e. The molecule has 1 saturated carbocycles. The third-order valence-corrected chi connectivity index (χ3v) is 8.18. The summed E-state index contributed by atoms with van der Waals surface area (Å²) >= 11 is 1.41. The molecular formula is C30H31N5O2S. The van der Waals surface area contributed by atoms with Crippen LogP contribution < -0.4 is 10.1 Å². The molecule has 1 fully saturated rings. The lowest BCUT2D eigenvalue weighted by Crippen LogP contribution is -2.13. The Morgan fingerprint density at radius 3 is 2.76 bits per heavy atom. The topological polar surface area (TPSA) is 92.8 Å². The van der Waals surface area contributed by atoms with E-state index >= 15 is 0 Å². The number of rotatable bonds is 8. The molecule has 1 N–H and O–H groups in total. The maximum Gasteiger partial charge on any atom is 0.268 e. The van der Waals surface area contributed by atoms with E-state index in [9.17, 15) is 10.1 Å². The summed E-state index contributed by atoms with van der Waals surface area (Å²) in [4.78, 5) is 13.0. The van der Waals surface area contributed by atoms with Crippen molar-refractivity contribution in [3.05, 3.63) is 75.9 Å². The summed E-state index contributed by atoms with van der Waals surface area (Å²) in [6, 6.07) is 16.1. The fraction of sp³-hybridized carbons (Fsp3) is 0.333. The molecule has 194 valence electrons. The second-order valence-electron chi connectivity index (χ2n) is 9.79. The highest BCUT2D eigenvalue weighted by Gasteiger charge is 2.21. The number of aromatic nitrogens is 3. The first-order chi connectivity index (χ1) is 18.5. The summed E-state index contributed by atoms with van der Waals surface area (Å²) in [5.74, 6) is 0.785. The minimum Gasteiger partial charge on any atom is -0.492 e. The summed E-state index contributed by atoms with van der Waals surface area (Å²) in [5.41, 5.74) is 4.27. The first-order valence-electron chi connectivity index (χ1n) is 13.1. The van der Waals surface area contributed by atoms with E-state index in [1.54, 1.807) is 6.08 Å². The maximum atomic E-state index is 13.0. The number of nitrogens with one attached hydrogen (secondary N) is 1. The van der Waals surface area contributed by atoms with Crippen molar-refractivity contribution >= 4 is 39.4 Å². The number of amides is 1. The van der Waals surface area contributed by atoms with Gasteiger partial charge in [0.2, 0.25) is 5.13 Å². The fourth-order valence-electron chi connectivity index (χ4n) is 4.91. The van der Waals surface area contributed by atoms with Crippen molar-refractivity contribution in [3.63, 3.8) is 0 Å². The molecule has 0 radical (unpaired) electrons. The molecule has 2 heterocycles. The van der Waals surface area contributed by atoms with E-state index in [-0.39, 0.29) is 5.57 Å². The zero-order chi connectivity index (χ0) is 26.5. The third-order valence-electron chi connectivity index (χ3n) is 7.18. The van der Waals surface area contributed by atoms with Gasteiger partial charge in [-0.1, -0.05) is 54.9 Å². The van der Waals surface area contributed by atoms with Crippen LogP contribution in [0, 0.1) is 25.2 Å². The lowest BCUT2D eigenvalue weighted by atomic mass is 9.90. The van der Waals surface area contributed by atoms with E-state index in [0.29, 0.717) is 24.2 Å². The Kier molecular flexibility index (Phi) is 7.85. The van der Waals surface area contributed by atoms with Crippen molar-refractivity contribution < 1.29 is 9.53 Å². The quantitative estimate of drug-likeness (QED) is 0.202. The summed E-state index contributed by atoms with van der Waals surface area (Å²) in [6.07, 6.45) is 9.52. The number of para-hydroxylation sites is 1. The Labute approximate surface area is 226 Å². The molecule has 0 unspecified atom stereocenters. The zero-order valence-electron chi connectivity index (χ0n) is 21.7. The zero-order valence-corrected chi connectivity index (χ0v) is 22.6. The van der Waals surface area contributed by atoms with Crippen LogP contribution in [0.5, 0.6) is 5.75 Å². The van der Waals surface area contributed by atoms with Crippen LogP contribution in [0.3, 0.4) is 0 Å². The highest BCUT2D eigenvalue weighted by atomic mass is 32.1. The number of hydrogen-bond acceptors (Lipinski definition) is 6. The molecule has 1 aliphatic carbocycles. The molecule has 7 nitrogen and oxygen atoms in total. The number of fused-ring (bicyclic) bond motifs is 1. The van der Waals surface area contributed by atoms with Gasteiger partial charge in [-0.25, -0.2) is 0 Å². The van der Waals surface area contributed by atoms with Crippen LogP contribution in [-0.4, -0.2) is 27.3 Å². The van der Waals surface area contributed by atoms with Crippen molar-refractivity contribution in [3.8, 4) is 11.8 Å². The summed E-state index contributed by atoms with van der Waals surface area (Å²) in [7, 11) is 0. The molecule has 2 aromatic carbocycles. The number of ether oxygens (including phenoxy) is 1. The van der Waals surface area contributed by atoms with Crippen molar-refractivity contribution in [2.45, 2.75) is 58.4 Å². The second-order valence-corrected chi connectivity index (χ2v) is 10.8. The molecule has 0 saturated heterocycles. The van der Waals surface area contributed by atoms with Gasteiger partial charge in [0.05, 0.1) is 6.54 Å². The van der Waals surface area contributed by atoms with Crippen LogP contribution in [0.25, 0.3) is 17.0 Å². The van der Waals surface area contributed by atoms with Gasteiger partial charge in [0.15, 0.2) is 0 Å². The molecule has 0 bridgehead atoms. The van der Waals surface area contributed by atoms with Gasteiger partial charge < -0.3 is 9.30 Å². The monoisotopic (exact) mass is 525 g/mol. The number of benzene rings is 2. The van der Waals surface area contributed by atoms with Gasteiger partial charge in [0.1, 0.15) is 29.0 Å². The highest BCUT2D eigenvalue weighted by molar-refractivity contribution is 7.15. The number of carbonyl (C=O) groups excluding carboxylic acids is 1. The summed E-state index contributed by atoms with van der Waals surface area (Å²) in [6.45, 7) is 5.28. The standard InChI is InChI=1S/C30H31N5O2S/c1-20-12-13-25(16-21(20)2)37-15-14-35-19-24(26-10-6-7-11-27(26)35)17-23(18-31)28(36)32-30-34-33-29(38-30)22-8-4-3-5-9-22/h6-7,10-13,16-17,19,22H,3-5,8-9,14-15H2,1-2H3,(H,32,34,36). The highest BCUT2D eigenvalue weighted by Crippen LogP contribution is 2.35. The first kappa shape index (κ1) is 25.7. The van der Waals surface area contributed by atoms with Crippen molar-refractivity contribution in [2.24, 2.45) is 0 Å². The normalized spacial score (nSPS) is 14.4. The largest absolute Gasteiger partial charge is 0.492 e. The minimum absolute atomic E-state index is 0.0219.